The molecule has 6 nitrogen and oxygen atoms in total. The Hall–Kier alpha value is -1.60. The molecule has 1 rings (SSSR count). The highest BCUT2D eigenvalue weighted by molar-refractivity contribution is 7.90. The molecular weight excluding hydrogens is 268 g/mol. The zero-order valence-corrected chi connectivity index (χ0v) is 12.0. The van der Waals surface area contributed by atoms with Crippen molar-refractivity contribution in [3.05, 3.63) is 29.8 Å². The summed E-state index contributed by atoms with van der Waals surface area (Å²) in [5.74, 6) is -1.04. The Labute approximate surface area is 113 Å². The third-order valence-electron chi connectivity index (χ3n) is 2.86. The van der Waals surface area contributed by atoms with Crippen LogP contribution in [0.3, 0.4) is 0 Å². The molecule has 0 amide bonds. The normalized spacial score (nSPS) is 11.6. The van der Waals surface area contributed by atoms with E-state index in [-0.39, 0.29) is 5.56 Å². The van der Waals surface area contributed by atoms with Crippen molar-refractivity contribution in [3.63, 3.8) is 0 Å². The van der Waals surface area contributed by atoms with Gasteiger partial charge in [0, 0.05) is 20.1 Å². The molecule has 7 heteroatoms. The molecule has 0 aliphatic rings. The predicted molar refractivity (Wildman–Crippen MR) is 73.6 cm³/mol. The number of carbonyl (C=O) groups is 1. The van der Waals surface area contributed by atoms with Crippen LogP contribution in [0.5, 0.6) is 0 Å². The number of hydrogen-bond acceptors (Lipinski definition) is 3. The largest absolute Gasteiger partial charge is 0.478 e. The van der Waals surface area contributed by atoms with Crippen LogP contribution in [0.2, 0.25) is 0 Å². The van der Waals surface area contributed by atoms with E-state index in [0.29, 0.717) is 18.8 Å². The van der Waals surface area contributed by atoms with E-state index in [4.69, 9.17) is 5.11 Å². The first-order valence-electron chi connectivity index (χ1n) is 5.92. The Morgan fingerprint density at radius 3 is 2.00 bits per heavy atom. The fraction of sp³-hybridized carbons (Fsp3) is 0.417. The van der Waals surface area contributed by atoms with Crippen molar-refractivity contribution >= 4 is 21.9 Å². The maximum atomic E-state index is 12.2. The topological polar surface area (TPSA) is 77.9 Å². The van der Waals surface area contributed by atoms with Gasteiger partial charge in [0.15, 0.2) is 0 Å². The predicted octanol–water partition coefficient (Wildman–Crippen LogP) is 1.41. The zero-order valence-electron chi connectivity index (χ0n) is 11.2. The number of aromatic carboxylic acids is 1. The molecule has 0 atom stereocenters. The van der Waals surface area contributed by atoms with Crippen LogP contribution in [0.15, 0.2) is 24.3 Å². The third kappa shape index (κ3) is 3.24. The minimum atomic E-state index is -3.57. The molecular formula is C12H18N2O4S. The minimum Gasteiger partial charge on any atom is -0.478 e. The second kappa shape index (κ2) is 6.03. The number of carboxylic acids is 1. The smallest absolute Gasteiger partial charge is 0.335 e. The zero-order chi connectivity index (χ0) is 14.6. The SMILES string of the molecule is CCN(CC)S(=O)(=O)N(C)c1ccc(C(=O)O)cc1. The molecule has 0 aromatic heterocycles. The van der Waals surface area contributed by atoms with E-state index in [2.05, 4.69) is 0 Å². The summed E-state index contributed by atoms with van der Waals surface area (Å²) < 4.78 is 27.0. The summed E-state index contributed by atoms with van der Waals surface area (Å²) >= 11 is 0. The lowest BCUT2D eigenvalue weighted by Crippen LogP contribution is -2.41. The Kier molecular flexibility index (Phi) is 4.90. The Balaban J connectivity index is 3.06. The van der Waals surface area contributed by atoms with E-state index in [0.717, 1.165) is 4.31 Å². The van der Waals surface area contributed by atoms with Crippen molar-refractivity contribution in [1.82, 2.24) is 4.31 Å². The van der Waals surface area contributed by atoms with E-state index in [1.54, 1.807) is 13.8 Å². The van der Waals surface area contributed by atoms with E-state index in [1.807, 2.05) is 0 Å². The Morgan fingerprint density at radius 2 is 1.63 bits per heavy atom. The van der Waals surface area contributed by atoms with Crippen molar-refractivity contribution in [2.24, 2.45) is 0 Å². The summed E-state index contributed by atoms with van der Waals surface area (Å²) in [5, 5.41) is 8.80. The molecule has 0 radical (unpaired) electrons. The first kappa shape index (κ1) is 15.5. The molecule has 1 N–H and O–H groups in total. The minimum absolute atomic E-state index is 0.123. The quantitative estimate of drug-likeness (QED) is 0.857. The molecule has 0 unspecified atom stereocenters. The second-order valence-corrected chi connectivity index (χ2v) is 5.87. The first-order valence-corrected chi connectivity index (χ1v) is 7.31. The highest BCUT2D eigenvalue weighted by Gasteiger charge is 2.24. The van der Waals surface area contributed by atoms with Crippen LogP contribution in [0.4, 0.5) is 5.69 Å². The van der Waals surface area contributed by atoms with Crippen molar-refractivity contribution in [2.75, 3.05) is 24.4 Å². The van der Waals surface area contributed by atoms with Crippen molar-refractivity contribution in [1.29, 1.82) is 0 Å². The fourth-order valence-electron chi connectivity index (χ4n) is 1.67. The molecule has 19 heavy (non-hydrogen) atoms. The number of hydrogen-bond donors (Lipinski definition) is 1. The van der Waals surface area contributed by atoms with E-state index >= 15 is 0 Å². The van der Waals surface area contributed by atoms with Gasteiger partial charge in [-0.2, -0.15) is 12.7 Å². The Morgan fingerprint density at radius 1 is 1.16 bits per heavy atom. The van der Waals surface area contributed by atoms with Gasteiger partial charge in [0.1, 0.15) is 0 Å². The van der Waals surface area contributed by atoms with Gasteiger partial charge in [-0.05, 0) is 24.3 Å². The number of anilines is 1. The lowest BCUT2D eigenvalue weighted by molar-refractivity contribution is 0.0697. The lowest BCUT2D eigenvalue weighted by Gasteiger charge is -2.26. The first-order chi connectivity index (χ1) is 8.84. The van der Waals surface area contributed by atoms with Crippen LogP contribution < -0.4 is 4.31 Å². The Bertz CT molecular complexity index is 535. The standard InChI is InChI=1S/C12H18N2O4S/c1-4-14(5-2)19(17,18)13(3)11-8-6-10(7-9-11)12(15)16/h6-9H,4-5H2,1-3H3,(H,15,16). The molecule has 1 aromatic rings. The molecule has 0 bridgehead atoms. The lowest BCUT2D eigenvalue weighted by atomic mass is 10.2. The van der Waals surface area contributed by atoms with Gasteiger partial charge in [0.2, 0.25) is 0 Å². The number of rotatable bonds is 6. The fourth-order valence-corrected chi connectivity index (χ4v) is 3.06. The van der Waals surface area contributed by atoms with Crippen molar-refractivity contribution < 1.29 is 18.3 Å². The van der Waals surface area contributed by atoms with Gasteiger partial charge in [-0.15, -0.1) is 0 Å². The molecule has 0 spiro atoms. The molecule has 106 valence electrons. The van der Waals surface area contributed by atoms with Crippen LogP contribution in [0.1, 0.15) is 24.2 Å². The average Bonchev–Trinajstić information content (AvgIpc) is 2.39. The summed E-state index contributed by atoms with van der Waals surface area (Å²) in [6.45, 7) is 4.30. The molecule has 0 heterocycles. The maximum absolute atomic E-state index is 12.2. The van der Waals surface area contributed by atoms with Crippen LogP contribution >= 0.6 is 0 Å². The van der Waals surface area contributed by atoms with Gasteiger partial charge < -0.3 is 5.11 Å². The number of nitrogens with zero attached hydrogens (tertiary/aromatic N) is 2. The summed E-state index contributed by atoms with van der Waals surface area (Å²) in [6.07, 6.45) is 0. The number of benzene rings is 1. The molecule has 0 aliphatic heterocycles. The van der Waals surface area contributed by atoms with E-state index < -0.39 is 16.2 Å². The van der Waals surface area contributed by atoms with Crippen LogP contribution in [0, 0.1) is 0 Å². The summed E-state index contributed by atoms with van der Waals surface area (Å²) in [7, 11) is -2.12. The maximum Gasteiger partial charge on any atom is 0.335 e. The van der Waals surface area contributed by atoms with E-state index in [1.165, 1.54) is 35.6 Å². The molecule has 1 aromatic carbocycles. The summed E-state index contributed by atoms with van der Waals surface area (Å²) in [4.78, 5) is 10.7. The van der Waals surface area contributed by atoms with Gasteiger partial charge in [0.05, 0.1) is 11.3 Å². The van der Waals surface area contributed by atoms with Crippen molar-refractivity contribution in [2.45, 2.75) is 13.8 Å². The highest BCUT2D eigenvalue weighted by Crippen LogP contribution is 2.19. The van der Waals surface area contributed by atoms with Crippen LogP contribution in [-0.4, -0.2) is 43.9 Å². The van der Waals surface area contributed by atoms with Crippen molar-refractivity contribution in [3.8, 4) is 0 Å². The second-order valence-electron chi connectivity index (χ2n) is 3.91. The van der Waals surface area contributed by atoms with Gasteiger partial charge >= 0.3 is 16.2 Å². The average molecular weight is 286 g/mol. The molecule has 0 saturated heterocycles. The van der Waals surface area contributed by atoms with Crippen LogP contribution in [0.25, 0.3) is 0 Å². The summed E-state index contributed by atoms with van der Waals surface area (Å²) in [5.41, 5.74) is 0.550. The van der Waals surface area contributed by atoms with Gasteiger partial charge in [-0.25, -0.2) is 4.79 Å². The molecule has 0 fully saturated rings. The van der Waals surface area contributed by atoms with Gasteiger partial charge in [0.25, 0.3) is 0 Å². The van der Waals surface area contributed by atoms with E-state index in [9.17, 15) is 13.2 Å². The molecule has 0 saturated carbocycles. The summed E-state index contributed by atoms with van der Waals surface area (Å²) in [6, 6.07) is 5.72. The third-order valence-corrected chi connectivity index (χ3v) is 4.93. The van der Waals surface area contributed by atoms with Crippen LogP contribution in [-0.2, 0) is 10.2 Å². The number of carboxylic acid groups (broad SMARTS) is 1. The molecule has 0 aliphatic carbocycles. The van der Waals surface area contributed by atoms with Gasteiger partial charge in [-0.3, -0.25) is 4.31 Å². The monoisotopic (exact) mass is 286 g/mol. The highest BCUT2D eigenvalue weighted by atomic mass is 32.2. The van der Waals surface area contributed by atoms with Gasteiger partial charge in [-0.1, -0.05) is 13.8 Å².